The number of rotatable bonds is 7. The van der Waals surface area contributed by atoms with Crippen LogP contribution in [0.3, 0.4) is 0 Å². The molecule has 8 rings (SSSR count). The lowest BCUT2D eigenvalue weighted by molar-refractivity contribution is -0.306. The topological polar surface area (TPSA) is 278 Å². The number of aliphatic hydroxyl groups is 7. The maximum atomic E-state index is 14.8. The Bertz CT molecular complexity index is 1920. The summed E-state index contributed by atoms with van der Waals surface area (Å²) in [6.45, 7) is 8.00. The Morgan fingerprint density at radius 2 is 1.36 bits per heavy atom. The summed E-state index contributed by atoms with van der Waals surface area (Å²) >= 11 is 0. The predicted octanol–water partition coefficient (Wildman–Crippen LogP) is 0.682. The number of carbonyl (C=O) groups excluding carboxylic acids is 3. The third-order valence-corrected chi connectivity index (χ3v) is 13.8. The van der Waals surface area contributed by atoms with Crippen LogP contribution in [0.5, 0.6) is 5.75 Å². The van der Waals surface area contributed by atoms with Gasteiger partial charge in [-0.3, -0.25) is 14.4 Å². The maximum Gasteiger partial charge on any atom is 0.196 e. The molecule has 1 aromatic rings. The molecule has 4 heterocycles. The minimum Gasteiger partial charge on any atom is -0.507 e. The first-order valence-electron chi connectivity index (χ1n) is 21.3. The average molecular weight is 863 g/mol. The number of ketones is 3. The number of hydrogen-bond acceptors (Lipinski definition) is 18. The predicted molar refractivity (Wildman–Crippen MR) is 206 cm³/mol. The van der Waals surface area contributed by atoms with E-state index in [4.69, 9.17) is 33.2 Å². The molecule has 1 saturated carbocycles. The number of fused-ring (bicyclic) bond motifs is 3. The molecule has 61 heavy (non-hydrogen) atoms. The molecule has 5 fully saturated rings. The Kier molecular flexibility index (Phi) is 12.0. The Balaban J connectivity index is 1.04. The van der Waals surface area contributed by atoms with Gasteiger partial charge >= 0.3 is 0 Å². The van der Waals surface area contributed by atoms with Crippen molar-refractivity contribution in [1.82, 2.24) is 0 Å². The summed E-state index contributed by atoms with van der Waals surface area (Å²) in [5.41, 5.74) is -8.50. The van der Waals surface area contributed by atoms with Crippen LogP contribution in [-0.4, -0.2) is 161 Å². The Labute approximate surface area is 352 Å². The maximum absolute atomic E-state index is 14.8. The van der Waals surface area contributed by atoms with Crippen molar-refractivity contribution in [2.24, 2.45) is 0 Å². The summed E-state index contributed by atoms with van der Waals surface area (Å²) in [7, 11) is 0. The lowest BCUT2D eigenvalue weighted by atomic mass is 9.54. The van der Waals surface area contributed by atoms with Crippen LogP contribution in [0.2, 0.25) is 0 Å². The molecule has 1 aromatic carbocycles. The van der Waals surface area contributed by atoms with Crippen LogP contribution in [-0.2, 0) is 38.0 Å². The molecule has 0 unspecified atom stereocenters. The number of aliphatic hydroxyl groups excluding tert-OH is 5. The van der Waals surface area contributed by atoms with Crippen molar-refractivity contribution in [3.05, 3.63) is 40.0 Å². The third kappa shape index (κ3) is 7.73. The Morgan fingerprint density at radius 1 is 0.705 bits per heavy atom. The number of carbonyl (C=O) groups is 3. The smallest absolute Gasteiger partial charge is 0.196 e. The van der Waals surface area contributed by atoms with Crippen molar-refractivity contribution in [2.45, 2.75) is 201 Å². The van der Waals surface area contributed by atoms with E-state index in [9.17, 15) is 55.2 Å². The van der Waals surface area contributed by atoms with Crippen molar-refractivity contribution in [3.8, 4) is 5.75 Å². The standard InChI is InChI=1S/C43H58O18/c1-17-23(44)8-10-31(56-17)61-43-29(47)15-41(5,53)16-42(43,54)14-25(46)34-35(43)39(51)22-7-6-21(38(50)33(22)40(34)52)27-13-28(37(49)20(4)55-27)60-30-11-9-26(18(2)57-30)59-32-12-24(45)36(48)19(3)58-32/h6-7,17-20,23-28,30-32,36-37,44-46,48-50,53-54H,8-16H2,1-5H3/t17-,18+,19-,20-,23+,24+,25+,26+,27+,28-,30-,31+,32+,36-,37+,41-,42+,43-/m0/s1. The first-order chi connectivity index (χ1) is 28.6. The van der Waals surface area contributed by atoms with Gasteiger partial charge in [-0.25, -0.2) is 0 Å². The van der Waals surface area contributed by atoms with E-state index in [1.807, 2.05) is 0 Å². The van der Waals surface area contributed by atoms with E-state index in [-0.39, 0.29) is 36.8 Å². The number of aromatic hydroxyl groups is 1. The van der Waals surface area contributed by atoms with Crippen molar-refractivity contribution in [1.29, 1.82) is 0 Å². The number of phenolic OH excluding ortho intramolecular Hbond substituents is 1. The molecule has 4 aliphatic heterocycles. The average Bonchev–Trinajstić information content (AvgIpc) is 3.17. The molecule has 18 heteroatoms. The summed E-state index contributed by atoms with van der Waals surface area (Å²) in [6.07, 6.45) is -13.9. The highest BCUT2D eigenvalue weighted by Crippen LogP contribution is 2.57. The molecule has 338 valence electrons. The number of phenols is 1. The van der Waals surface area contributed by atoms with Crippen LogP contribution in [0.25, 0.3) is 0 Å². The molecule has 3 aliphatic carbocycles. The van der Waals surface area contributed by atoms with Gasteiger partial charge in [0.05, 0.1) is 77.8 Å². The van der Waals surface area contributed by atoms with Gasteiger partial charge in [0.1, 0.15) is 23.6 Å². The lowest BCUT2D eigenvalue weighted by Gasteiger charge is -2.57. The van der Waals surface area contributed by atoms with Gasteiger partial charge < -0.3 is 74.0 Å². The second kappa shape index (κ2) is 16.3. The molecule has 8 N–H and O–H groups in total. The van der Waals surface area contributed by atoms with Crippen LogP contribution in [0.1, 0.15) is 125 Å². The third-order valence-electron chi connectivity index (χ3n) is 13.8. The zero-order valence-electron chi connectivity index (χ0n) is 34.8. The van der Waals surface area contributed by atoms with Crippen LogP contribution in [0, 0.1) is 0 Å². The van der Waals surface area contributed by atoms with Gasteiger partial charge in [-0.15, -0.1) is 0 Å². The van der Waals surface area contributed by atoms with Gasteiger partial charge in [-0.05, 0) is 53.5 Å². The van der Waals surface area contributed by atoms with Crippen molar-refractivity contribution >= 4 is 17.3 Å². The number of benzene rings is 1. The molecule has 0 bridgehead atoms. The van der Waals surface area contributed by atoms with Crippen LogP contribution < -0.4 is 0 Å². The normalized spacial score (nSPS) is 46.8. The van der Waals surface area contributed by atoms with E-state index in [0.717, 1.165) is 0 Å². The van der Waals surface area contributed by atoms with Gasteiger partial charge in [0.25, 0.3) is 0 Å². The molecule has 18 atom stereocenters. The molecule has 4 saturated heterocycles. The molecule has 0 radical (unpaired) electrons. The molecule has 18 nitrogen and oxygen atoms in total. The highest BCUT2D eigenvalue weighted by Gasteiger charge is 2.71. The Hall–Kier alpha value is -2.79. The van der Waals surface area contributed by atoms with E-state index in [0.29, 0.717) is 12.8 Å². The lowest BCUT2D eigenvalue weighted by Crippen LogP contribution is -2.73. The highest BCUT2D eigenvalue weighted by atomic mass is 16.7. The van der Waals surface area contributed by atoms with Crippen molar-refractivity contribution in [3.63, 3.8) is 0 Å². The fourth-order valence-electron chi connectivity index (χ4n) is 10.6. The van der Waals surface area contributed by atoms with Crippen LogP contribution in [0.4, 0.5) is 0 Å². The molecule has 7 aliphatic rings. The Morgan fingerprint density at radius 3 is 2.05 bits per heavy atom. The molecular weight excluding hydrogens is 804 g/mol. The monoisotopic (exact) mass is 862 g/mol. The zero-order valence-corrected chi connectivity index (χ0v) is 34.8. The molecule has 0 spiro atoms. The van der Waals surface area contributed by atoms with Crippen LogP contribution in [0.15, 0.2) is 23.3 Å². The van der Waals surface area contributed by atoms with Crippen molar-refractivity contribution in [2.75, 3.05) is 0 Å². The van der Waals surface area contributed by atoms with Crippen LogP contribution >= 0.6 is 0 Å². The van der Waals surface area contributed by atoms with Gasteiger partial charge in [0.15, 0.2) is 41.8 Å². The van der Waals surface area contributed by atoms with E-state index in [1.165, 1.54) is 19.1 Å². The van der Waals surface area contributed by atoms with Gasteiger partial charge in [-0.2, -0.15) is 0 Å². The number of ether oxygens (including phenoxy) is 7. The summed E-state index contributed by atoms with van der Waals surface area (Å²) in [4.78, 5) is 43.7. The highest BCUT2D eigenvalue weighted by molar-refractivity contribution is 6.31. The van der Waals surface area contributed by atoms with E-state index in [2.05, 4.69) is 0 Å². The van der Waals surface area contributed by atoms with Crippen molar-refractivity contribution < 1.29 is 88.4 Å². The van der Waals surface area contributed by atoms with E-state index >= 15 is 0 Å². The van der Waals surface area contributed by atoms with Gasteiger partial charge in [0, 0.05) is 61.6 Å². The van der Waals surface area contributed by atoms with Gasteiger partial charge in [-0.1, -0.05) is 6.07 Å². The van der Waals surface area contributed by atoms with Gasteiger partial charge in [0.2, 0.25) is 0 Å². The first kappa shape index (κ1) is 44.8. The second-order valence-corrected chi connectivity index (χ2v) is 18.4. The minimum atomic E-state index is -2.56. The summed E-state index contributed by atoms with van der Waals surface area (Å²) in [5, 5.41) is 88.6. The fraction of sp³-hybridized carbons (Fsp3) is 0.744. The minimum absolute atomic E-state index is 0.00826. The molecule has 0 aromatic heterocycles. The molecule has 0 amide bonds. The van der Waals surface area contributed by atoms with E-state index in [1.54, 1.807) is 27.7 Å². The SMILES string of the molecule is C[C@@H]1O[C@H](O[C@@H]2CC[C@H](O[C@H]3C[C@H](c4ccc5c(c4O)C(=O)C4=C(C5=O)[C@@]5(O[C@@H]6CC[C@@H](O)[C@H](C)O6)C(=O)C[C@](C)(O)C[C@]5(O)C[C@H]4O)O[C@@H](C)[C@H]3O)O[C@@H]2C)C[C@@H](O)[C@H]1O. The fourth-order valence-corrected chi connectivity index (χ4v) is 10.6. The number of Topliss-reactive ketones (excluding diaryl/α,β-unsaturated/α-hetero) is 3. The second-order valence-electron chi connectivity index (χ2n) is 18.4. The largest absolute Gasteiger partial charge is 0.507 e. The summed E-state index contributed by atoms with van der Waals surface area (Å²) in [6, 6.07) is 2.68. The summed E-state index contributed by atoms with van der Waals surface area (Å²) in [5.74, 6) is -3.45. The zero-order chi connectivity index (χ0) is 44.1. The molecular formula is C43H58O18. The first-order valence-corrected chi connectivity index (χ1v) is 21.3. The van der Waals surface area contributed by atoms with E-state index < -0.39 is 168 Å². The summed E-state index contributed by atoms with van der Waals surface area (Å²) < 4.78 is 42.6. The quantitative estimate of drug-likeness (QED) is 0.187. The number of hydrogen-bond donors (Lipinski definition) is 8.